The Morgan fingerprint density at radius 3 is 2.58 bits per heavy atom. The van der Waals surface area contributed by atoms with Gasteiger partial charge < -0.3 is 19.6 Å². The number of amides is 1. The lowest BCUT2D eigenvalue weighted by Gasteiger charge is -2.18. The Morgan fingerprint density at radius 2 is 1.88 bits per heavy atom. The van der Waals surface area contributed by atoms with Crippen molar-refractivity contribution in [2.24, 2.45) is 0 Å². The van der Waals surface area contributed by atoms with E-state index in [1.54, 1.807) is 12.1 Å². The van der Waals surface area contributed by atoms with E-state index in [-0.39, 0.29) is 5.63 Å². The number of benzene rings is 1. The minimum atomic E-state index is -1.12. The number of carbonyl (C=O) groups excluding carboxylic acids is 1. The molecule has 1 amide bonds. The highest BCUT2D eigenvalue weighted by molar-refractivity contribution is 5.86. The third-order valence-electron chi connectivity index (χ3n) is 4.61. The standard InChI is InChI=1S/C19H21NO6/c1-10(18(22)23)20-17(21)11(2)25-12-7-8-14-13-5-3-4-6-15(13)19(24)26-16(14)9-12/h7-11H,3-6H2,1-2H3,(H,20,21)(H,22,23)/t10-,11?/m1/s1. The first-order valence-corrected chi connectivity index (χ1v) is 8.65. The summed E-state index contributed by atoms with van der Waals surface area (Å²) in [6.45, 7) is 2.90. The molecular weight excluding hydrogens is 338 g/mol. The van der Waals surface area contributed by atoms with Crippen LogP contribution >= 0.6 is 0 Å². The number of aliphatic carboxylic acids is 1. The number of carboxylic acids is 1. The predicted molar refractivity (Wildman–Crippen MR) is 94.5 cm³/mol. The zero-order chi connectivity index (χ0) is 18.8. The van der Waals surface area contributed by atoms with Gasteiger partial charge in [0.15, 0.2) is 6.10 Å². The first-order valence-electron chi connectivity index (χ1n) is 8.65. The molecule has 0 fully saturated rings. The number of rotatable bonds is 5. The van der Waals surface area contributed by atoms with Gasteiger partial charge >= 0.3 is 11.6 Å². The first kappa shape index (κ1) is 18.0. The Balaban J connectivity index is 1.82. The van der Waals surface area contributed by atoms with Gasteiger partial charge in [0.1, 0.15) is 17.4 Å². The summed E-state index contributed by atoms with van der Waals surface area (Å²) in [5.41, 5.74) is 1.91. The van der Waals surface area contributed by atoms with Gasteiger partial charge in [-0.15, -0.1) is 0 Å². The summed E-state index contributed by atoms with van der Waals surface area (Å²) in [5, 5.41) is 12.1. The molecule has 1 heterocycles. The molecule has 1 aromatic heterocycles. The highest BCUT2D eigenvalue weighted by Gasteiger charge is 2.21. The second kappa shape index (κ2) is 7.19. The summed E-state index contributed by atoms with van der Waals surface area (Å²) in [6, 6.07) is 4.15. The number of fused-ring (bicyclic) bond motifs is 3. The molecule has 1 aromatic carbocycles. The van der Waals surface area contributed by atoms with Gasteiger partial charge in [-0.1, -0.05) is 0 Å². The molecule has 3 rings (SSSR count). The summed E-state index contributed by atoms with van der Waals surface area (Å²) in [7, 11) is 0. The van der Waals surface area contributed by atoms with Crippen molar-refractivity contribution in [2.45, 2.75) is 51.7 Å². The Bertz CT molecular complexity index is 916. The number of hydrogen-bond acceptors (Lipinski definition) is 5. The van der Waals surface area contributed by atoms with Crippen molar-refractivity contribution < 1.29 is 23.8 Å². The van der Waals surface area contributed by atoms with Crippen LogP contribution in [0.25, 0.3) is 11.0 Å². The van der Waals surface area contributed by atoms with E-state index in [0.717, 1.165) is 42.2 Å². The van der Waals surface area contributed by atoms with Crippen LogP contribution in [-0.2, 0) is 22.4 Å². The van der Waals surface area contributed by atoms with Crippen molar-refractivity contribution in [3.63, 3.8) is 0 Å². The number of ether oxygens (including phenoxy) is 1. The van der Waals surface area contributed by atoms with Crippen LogP contribution in [0.4, 0.5) is 0 Å². The lowest BCUT2D eigenvalue weighted by atomic mass is 9.91. The average Bonchev–Trinajstić information content (AvgIpc) is 2.61. The van der Waals surface area contributed by atoms with E-state index in [2.05, 4.69) is 5.32 Å². The molecule has 7 nitrogen and oxygen atoms in total. The molecule has 2 N–H and O–H groups in total. The third-order valence-corrected chi connectivity index (χ3v) is 4.61. The summed E-state index contributed by atoms with van der Waals surface area (Å²) in [6.07, 6.45) is 2.74. The van der Waals surface area contributed by atoms with Crippen molar-refractivity contribution in [2.75, 3.05) is 0 Å². The maximum Gasteiger partial charge on any atom is 0.339 e. The van der Waals surface area contributed by atoms with Crippen LogP contribution in [0.15, 0.2) is 27.4 Å². The van der Waals surface area contributed by atoms with E-state index in [1.807, 2.05) is 6.07 Å². The quantitative estimate of drug-likeness (QED) is 0.791. The van der Waals surface area contributed by atoms with Crippen LogP contribution in [-0.4, -0.2) is 29.1 Å². The number of nitrogens with one attached hydrogen (secondary N) is 1. The van der Waals surface area contributed by atoms with Gasteiger partial charge in [0.2, 0.25) is 0 Å². The van der Waals surface area contributed by atoms with Crippen molar-refractivity contribution in [3.05, 3.63) is 39.7 Å². The SMILES string of the molecule is CC(Oc1ccc2c3c(c(=O)oc2c1)CCCC3)C(=O)N[C@H](C)C(=O)O. The van der Waals surface area contributed by atoms with E-state index in [1.165, 1.54) is 13.8 Å². The molecule has 0 spiro atoms. The molecular formula is C19H21NO6. The molecule has 0 radical (unpaired) electrons. The summed E-state index contributed by atoms with van der Waals surface area (Å²) < 4.78 is 11.0. The van der Waals surface area contributed by atoms with Gasteiger partial charge in [-0.25, -0.2) is 4.79 Å². The number of carboxylic acid groups (broad SMARTS) is 1. The van der Waals surface area contributed by atoms with Gasteiger partial charge in [-0.2, -0.15) is 0 Å². The van der Waals surface area contributed by atoms with Gasteiger partial charge in [-0.3, -0.25) is 9.59 Å². The molecule has 1 aliphatic carbocycles. The summed E-state index contributed by atoms with van der Waals surface area (Å²) in [4.78, 5) is 35.0. The van der Waals surface area contributed by atoms with Gasteiger partial charge in [0.05, 0.1) is 0 Å². The van der Waals surface area contributed by atoms with Crippen molar-refractivity contribution in [3.8, 4) is 5.75 Å². The smallest absolute Gasteiger partial charge is 0.339 e. The third kappa shape index (κ3) is 3.56. The summed E-state index contributed by atoms with van der Waals surface area (Å²) in [5.74, 6) is -1.28. The molecule has 1 unspecified atom stereocenters. The molecule has 0 aliphatic heterocycles. The topological polar surface area (TPSA) is 106 Å². The second-order valence-corrected chi connectivity index (χ2v) is 6.54. The van der Waals surface area contributed by atoms with Crippen molar-refractivity contribution in [1.29, 1.82) is 0 Å². The van der Waals surface area contributed by atoms with Crippen LogP contribution < -0.4 is 15.7 Å². The largest absolute Gasteiger partial charge is 0.481 e. The molecule has 0 saturated carbocycles. The molecule has 0 bridgehead atoms. The zero-order valence-corrected chi connectivity index (χ0v) is 14.7. The fourth-order valence-corrected chi connectivity index (χ4v) is 3.15. The second-order valence-electron chi connectivity index (χ2n) is 6.54. The fraction of sp³-hybridized carbons (Fsp3) is 0.421. The van der Waals surface area contributed by atoms with E-state index in [0.29, 0.717) is 11.3 Å². The Kier molecular flexibility index (Phi) is 4.97. The molecule has 2 aromatic rings. The van der Waals surface area contributed by atoms with E-state index in [4.69, 9.17) is 14.3 Å². The minimum Gasteiger partial charge on any atom is -0.481 e. The van der Waals surface area contributed by atoms with Gasteiger partial charge in [0, 0.05) is 17.0 Å². The highest BCUT2D eigenvalue weighted by atomic mass is 16.5. The predicted octanol–water partition coefficient (Wildman–Crippen LogP) is 2.03. The monoisotopic (exact) mass is 359 g/mol. The average molecular weight is 359 g/mol. The molecule has 2 atom stereocenters. The molecule has 1 aliphatic rings. The van der Waals surface area contributed by atoms with Crippen LogP contribution in [0.5, 0.6) is 5.75 Å². The Morgan fingerprint density at radius 1 is 1.19 bits per heavy atom. The minimum absolute atomic E-state index is 0.314. The van der Waals surface area contributed by atoms with Gasteiger partial charge in [0.25, 0.3) is 5.91 Å². The van der Waals surface area contributed by atoms with Crippen LogP contribution in [0, 0.1) is 0 Å². The maximum atomic E-state index is 12.2. The number of carbonyl (C=O) groups is 2. The summed E-state index contributed by atoms with van der Waals surface area (Å²) >= 11 is 0. The lowest BCUT2D eigenvalue weighted by Crippen LogP contribution is -2.44. The molecule has 0 saturated heterocycles. The van der Waals surface area contributed by atoms with Crippen LogP contribution in [0.1, 0.15) is 37.8 Å². The first-order chi connectivity index (χ1) is 12.4. The number of aryl methyl sites for hydroxylation is 1. The normalized spacial score (nSPS) is 15.8. The van der Waals surface area contributed by atoms with Crippen LogP contribution in [0.3, 0.4) is 0 Å². The zero-order valence-electron chi connectivity index (χ0n) is 14.7. The molecule has 26 heavy (non-hydrogen) atoms. The number of hydrogen-bond donors (Lipinski definition) is 2. The highest BCUT2D eigenvalue weighted by Crippen LogP contribution is 2.29. The van der Waals surface area contributed by atoms with Crippen LogP contribution in [0.2, 0.25) is 0 Å². The fourth-order valence-electron chi connectivity index (χ4n) is 3.15. The Hall–Kier alpha value is -2.83. The van der Waals surface area contributed by atoms with E-state index in [9.17, 15) is 14.4 Å². The molecule has 138 valence electrons. The van der Waals surface area contributed by atoms with E-state index < -0.39 is 24.0 Å². The maximum absolute atomic E-state index is 12.2. The van der Waals surface area contributed by atoms with Gasteiger partial charge in [-0.05, 0) is 57.2 Å². The molecule has 7 heteroatoms. The van der Waals surface area contributed by atoms with Crippen molar-refractivity contribution >= 4 is 22.8 Å². The van der Waals surface area contributed by atoms with Crippen molar-refractivity contribution in [1.82, 2.24) is 5.32 Å². The Labute approximate surface area is 150 Å². The van der Waals surface area contributed by atoms with E-state index >= 15 is 0 Å². The lowest BCUT2D eigenvalue weighted by molar-refractivity contribution is -0.142.